The van der Waals surface area contributed by atoms with E-state index in [4.69, 9.17) is 11.6 Å². The van der Waals surface area contributed by atoms with Gasteiger partial charge in [-0.05, 0) is 49.3 Å². The Morgan fingerprint density at radius 3 is 2.81 bits per heavy atom. The summed E-state index contributed by atoms with van der Waals surface area (Å²) >= 11 is 6.20. The van der Waals surface area contributed by atoms with Crippen LogP contribution in [0.25, 0.3) is 0 Å². The monoisotopic (exact) mass is 237 g/mol. The number of halogens is 1. The Kier molecular flexibility index (Phi) is 3.88. The quantitative estimate of drug-likeness (QED) is 0.840. The van der Waals surface area contributed by atoms with E-state index >= 15 is 0 Å². The first-order valence-corrected chi connectivity index (χ1v) is 6.51. The Hall–Kier alpha value is -0.530. The maximum absolute atomic E-state index is 6.20. The number of benzene rings is 1. The molecule has 88 valence electrons. The summed E-state index contributed by atoms with van der Waals surface area (Å²) in [6.07, 6.45) is 3.98. The smallest absolute Gasteiger partial charge is 0.0453 e. The van der Waals surface area contributed by atoms with Gasteiger partial charge in [0, 0.05) is 17.6 Å². The van der Waals surface area contributed by atoms with Gasteiger partial charge in [-0.25, -0.2) is 0 Å². The van der Waals surface area contributed by atoms with Crippen molar-refractivity contribution in [2.75, 3.05) is 0 Å². The summed E-state index contributed by atoms with van der Waals surface area (Å²) in [6.45, 7) is 5.30. The molecule has 0 saturated heterocycles. The van der Waals surface area contributed by atoms with E-state index in [1.165, 1.54) is 30.4 Å². The molecule has 0 aliphatic heterocycles. The van der Waals surface area contributed by atoms with Crippen molar-refractivity contribution in [1.82, 2.24) is 5.32 Å². The maximum Gasteiger partial charge on any atom is 0.0453 e. The SMILES string of the molecule is Cc1ccc(CNC2CCC(C)C2)c(Cl)c1. The summed E-state index contributed by atoms with van der Waals surface area (Å²) in [4.78, 5) is 0. The second-order valence-electron chi connectivity index (χ2n) is 5.09. The highest BCUT2D eigenvalue weighted by Gasteiger charge is 2.20. The van der Waals surface area contributed by atoms with Gasteiger partial charge in [0.2, 0.25) is 0 Å². The summed E-state index contributed by atoms with van der Waals surface area (Å²) < 4.78 is 0. The van der Waals surface area contributed by atoms with Crippen molar-refractivity contribution in [1.29, 1.82) is 0 Å². The molecule has 1 aliphatic rings. The minimum atomic E-state index is 0.687. The Bertz CT molecular complexity index is 362. The van der Waals surface area contributed by atoms with Crippen LogP contribution in [0.3, 0.4) is 0 Å². The van der Waals surface area contributed by atoms with E-state index in [-0.39, 0.29) is 0 Å². The van der Waals surface area contributed by atoms with Crippen molar-refractivity contribution in [3.8, 4) is 0 Å². The van der Waals surface area contributed by atoms with E-state index in [1.807, 2.05) is 6.07 Å². The predicted molar refractivity (Wildman–Crippen MR) is 69.8 cm³/mol. The van der Waals surface area contributed by atoms with Gasteiger partial charge in [0.05, 0.1) is 0 Å². The van der Waals surface area contributed by atoms with E-state index < -0.39 is 0 Å². The number of aryl methyl sites for hydroxylation is 1. The minimum absolute atomic E-state index is 0.687. The first-order chi connectivity index (χ1) is 7.65. The highest BCUT2D eigenvalue weighted by Crippen LogP contribution is 2.25. The Labute approximate surface area is 103 Å². The minimum Gasteiger partial charge on any atom is -0.310 e. The van der Waals surface area contributed by atoms with Crippen LogP contribution in [-0.4, -0.2) is 6.04 Å². The fraction of sp³-hybridized carbons (Fsp3) is 0.571. The Balaban J connectivity index is 1.89. The van der Waals surface area contributed by atoms with Gasteiger partial charge in [-0.3, -0.25) is 0 Å². The van der Waals surface area contributed by atoms with Crippen LogP contribution in [0.1, 0.15) is 37.3 Å². The standard InChI is InChI=1S/C14H20ClN/c1-10-4-6-13(7-10)16-9-12-5-3-11(2)8-14(12)15/h3,5,8,10,13,16H,4,6-7,9H2,1-2H3. The third kappa shape index (κ3) is 2.99. The first kappa shape index (κ1) is 11.9. The van der Waals surface area contributed by atoms with Crippen molar-refractivity contribution in [2.24, 2.45) is 5.92 Å². The lowest BCUT2D eigenvalue weighted by Gasteiger charge is -2.13. The van der Waals surface area contributed by atoms with E-state index in [2.05, 4.69) is 31.3 Å². The van der Waals surface area contributed by atoms with Crippen molar-refractivity contribution in [2.45, 2.75) is 45.7 Å². The van der Waals surface area contributed by atoms with Crippen LogP contribution in [-0.2, 0) is 6.54 Å². The van der Waals surface area contributed by atoms with Crippen molar-refractivity contribution in [3.63, 3.8) is 0 Å². The highest BCUT2D eigenvalue weighted by molar-refractivity contribution is 6.31. The third-order valence-corrected chi connectivity index (χ3v) is 3.84. The van der Waals surface area contributed by atoms with E-state index in [9.17, 15) is 0 Å². The maximum atomic E-state index is 6.20. The van der Waals surface area contributed by atoms with Gasteiger partial charge in [0.25, 0.3) is 0 Å². The van der Waals surface area contributed by atoms with E-state index in [0.29, 0.717) is 6.04 Å². The third-order valence-electron chi connectivity index (χ3n) is 3.48. The van der Waals surface area contributed by atoms with Crippen molar-refractivity contribution in [3.05, 3.63) is 34.3 Å². The molecule has 1 aliphatic carbocycles. The lowest BCUT2D eigenvalue weighted by molar-refractivity contribution is 0.502. The van der Waals surface area contributed by atoms with Gasteiger partial charge in [0.1, 0.15) is 0 Å². The van der Waals surface area contributed by atoms with Gasteiger partial charge in [0.15, 0.2) is 0 Å². The summed E-state index contributed by atoms with van der Waals surface area (Å²) in [6, 6.07) is 6.98. The zero-order valence-electron chi connectivity index (χ0n) is 10.1. The van der Waals surface area contributed by atoms with Crippen LogP contribution in [0.5, 0.6) is 0 Å². The molecular formula is C14H20ClN. The Morgan fingerprint density at radius 1 is 1.38 bits per heavy atom. The average Bonchev–Trinajstić information content (AvgIpc) is 2.63. The second-order valence-corrected chi connectivity index (χ2v) is 5.50. The zero-order chi connectivity index (χ0) is 11.5. The number of nitrogens with one attached hydrogen (secondary N) is 1. The molecule has 0 amide bonds. The van der Waals surface area contributed by atoms with Crippen LogP contribution >= 0.6 is 11.6 Å². The van der Waals surface area contributed by atoms with Crippen LogP contribution in [0.15, 0.2) is 18.2 Å². The highest BCUT2D eigenvalue weighted by atomic mass is 35.5. The van der Waals surface area contributed by atoms with Crippen molar-refractivity contribution >= 4 is 11.6 Å². The summed E-state index contributed by atoms with van der Waals surface area (Å²) in [5, 5.41) is 4.49. The van der Waals surface area contributed by atoms with Gasteiger partial charge in [-0.15, -0.1) is 0 Å². The molecule has 2 heteroatoms. The molecule has 2 unspecified atom stereocenters. The molecule has 2 atom stereocenters. The predicted octanol–water partition coefficient (Wildman–Crippen LogP) is 3.93. The number of hydrogen-bond donors (Lipinski definition) is 1. The molecule has 0 radical (unpaired) electrons. The van der Waals surface area contributed by atoms with E-state index in [1.54, 1.807) is 0 Å². The van der Waals surface area contributed by atoms with Gasteiger partial charge >= 0.3 is 0 Å². The number of rotatable bonds is 3. The largest absolute Gasteiger partial charge is 0.310 e. The summed E-state index contributed by atoms with van der Waals surface area (Å²) in [7, 11) is 0. The van der Waals surface area contributed by atoms with Gasteiger partial charge < -0.3 is 5.32 Å². The van der Waals surface area contributed by atoms with Crippen LogP contribution < -0.4 is 5.32 Å². The lowest BCUT2D eigenvalue weighted by atomic mass is 10.1. The fourth-order valence-corrected chi connectivity index (χ4v) is 2.74. The topological polar surface area (TPSA) is 12.0 Å². The fourth-order valence-electron chi connectivity index (χ4n) is 2.44. The normalized spacial score (nSPS) is 24.9. The molecule has 2 rings (SSSR count). The van der Waals surface area contributed by atoms with Crippen molar-refractivity contribution < 1.29 is 0 Å². The van der Waals surface area contributed by atoms with E-state index in [0.717, 1.165) is 17.5 Å². The molecule has 0 bridgehead atoms. The Morgan fingerprint density at radius 2 is 2.19 bits per heavy atom. The average molecular weight is 238 g/mol. The van der Waals surface area contributed by atoms with Gasteiger partial charge in [-0.2, -0.15) is 0 Å². The molecule has 1 aromatic carbocycles. The molecular weight excluding hydrogens is 218 g/mol. The van der Waals surface area contributed by atoms with Crippen LogP contribution in [0.2, 0.25) is 5.02 Å². The lowest BCUT2D eigenvalue weighted by Crippen LogP contribution is -2.25. The molecule has 1 saturated carbocycles. The molecule has 1 N–H and O–H groups in total. The molecule has 1 nitrogen and oxygen atoms in total. The molecule has 1 aromatic rings. The number of hydrogen-bond acceptors (Lipinski definition) is 1. The van der Waals surface area contributed by atoms with Gasteiger partial charge in [-0.1, -0.05) is 30.7 Å². The van der Waals surface area contributed by atoms with Crippen LogP contribution in [0.4, 0.5) is 0 Å². The molecule has 0 aromatic heterocycles. The van der Waals surface area contributed by atoms with Crippen LogP contribution in [0, 0.1) is 12.8 Å². The zero-order valence-corrected chi connectivity index (χ0v) is 10.8. The summed E-state index contributed by atoms with van der Waals surface area (Å²) in [5.74, 6) is 0.881. The molecule has 0 spiro atoms. The molecule has 16 heavy (non-hydrogen) atoms. The molecule has 0 heterocycles. The second kappa shape index (κ2) is 5.20. The summed E-state index contributed by atoms with van der Waals surface area (Å²) in [5.41, 5.74) is 2.44. The first-order valence-electron chi connectivity index (χ1n) is 6.13. The molecule has 1 fully saturated rings.